The van der Waals surface area contributed by atoms with Crippen LogP contribution in [0.3, 0.4) is 0 Å². The van der Waals surface area contributed by atoms with Gasteiger partial charge in [0.1, 0.15) is 11.5 Å². The van der Waals surface area contributed by atoms with Crippen molar-refractivity contribution in [3.63, 3.8) is 0 Å². The molecule has 17 heavy (non-hydrogen) atoms. The lowest BCUT2D eigenvalue weighted by molar-refractivity contribution is -0.122. The summed E-state index contributed by atoms with van der Waals surface area (Å²) in [5.41, 5.74) is 6.69. The molecule has 1 aliphatic heterocycles. The highest BCUT2D eigenvalue weighted by molar-refractivity contribution is 6.33. The predicted molar refractivity (Wildman–Crippen MR) is 63.1 cm³/mol. The lowest BCUT2D eigenvalue weighted by atomic mass is 10.1. The Hall–Kier alpha value is -1.59. The van der Waals surface area contributed by atoms with Crippen LogP contribution in [0.25, 0.3) is 0 Å². The molecule has 3 amide bonds. The molecule has 3 N–H and O–H groups in total. The first-order valence-electron chi connectivity index (χ1n) is 5.14. The molecule has 0 spiro atoms. The van der Waals surface area contributed by atoms with Crippen molar-refractivity contribution in [2.75, 3.05) is 0 Å². The number of alkyl halides is 1. The Balaban J connectivity index is 2.15. The number of rotatable bonds is 2. The Kier molecular flexibility index (Phi) is 3.31. The highest BCUT2D eigenvalue weighted by Gasteiger charge is 2.37. The van der Waals surface area contributed by atoms with E-state index >= 15 is 0 Å². The lowest BCUT2D eigenvalue weighted by Crippen LogP contribution is -2.64. The van der Waals surface area contributed by atoms with Crippen molar-refractivity contribution in [1.82, 2.24) is 10.2 Å². The smallest absolute Gasteiger partial charge is 0.309 e. The van der Waals surface area contributed by atoms with Gasteiger partial charge in [-0.1, -0.05) is 30.3 Å². The number of imide groups is 1. The van der Waals surface area contributed by atoms with Gasteiger partial charge in [0.2, 0.25) is 5.91 Å². The standard InChI is InChI=1S/C11H12ClN3O2/c12-8-9(13)15(11(17)14-10(8)16)6-7-4-2-1-3-5-7/h1-5,8-9H,6,13H2,(H,14,16,17). The van der Waals surface area contributed by atoms with Gasteiger partial charge in [-0.15, -0.1) is 11.6 Å². The van der Waals surface area contributed by atoms with Crippen LogP contribution in [0.15, 0.2) is 30.3 Å². The van der Waals surface area contributed by atoms with Crippen molar-refractivity contribution in [2.45, 2.75) is 18.1 Å². The van der Waals surface area contributed by atoms with Gasteiger partial charge in [-0.25, -0.2) is 4.79 Å². The number of hydrogen-bond acceptors (Lipinski definition) is 3. The van der Waals surface area contributed by atoms with Gasteiger partial charge in [0.25, 0.3) is 0 Å². The molecule has 0 aromatic heterocycles. The third-order valence-electron chi connectivity index (χ3n) is 2.60. The summed E-state index contributed by atoms with van der Waals surface area (Å²) >= 11 is 5.81. The van der Waals surface area contributed by atoms with Crippen LogP contribution in [0.4, 0.5) is 4.79 Å². The van der Waals surface area contributed by atoms with Crippen molar-refractivity contribution < 1.29 is 9.59 Å². The van der Waals surface area contributed by atoms with Crippen LogP contribution in [-0.2, 0) is 11.3 Å². The zero-order valence-corrected chi connectivity index (χ0v) is 9.72. The summed E-state index contributed by atoms with van der Waals surface area (Å²) in [6, 6.07) is 8.86. The third kappa shape index (κ3) is 2.40. The largest absolute Gasteiger partial charge is 0.325 e. The molecule has 90 valence electrons. The van der Waals surface area contributed by atoms with Gasteiger partial charge in [0, 0.05) is 6.54 Å². The number of hydrogen-bond donors (Lipinski definition) is 2. The average molecular weight is 254 g/mol. The van der Waals surface area contributed by atoms with Crippen LogP contribution < -0.4 is 11.1 Å². The first-order valence-corrected chi connectivity index (χ1v) is 5.58. The van der Waals surface area contributed by atoms with Crippen LogP contribution in [0, 0.1) is 0 Å². The van der Waals surface area contributed by atoms with Crippen LogP contribution in [0.2, 0.25) is 0 Å². The molecule has 1 fully saturated rings. The summed E-state index contributed by atoms with van der Waals surface area (Å²) in [5.74, 6) is -0.548. The number of nitrogens with two attached hydrogens (primary N) is 1. The normalized spacial score (nSPS) is 24.7. The molecule has 1 aliphatic rings. The first kappa shape index (κ1) is 11.9. The van der Waals surface area contributed by atoms with Crippen LogP contribution in [0.5, 0.6) is 0 Å². The number of urea groups is 1. The van der Waals surface area contributed by atoms with Gasteiger partial charge in [-0.05, 0) is 5.56 Å². The Bertz CT molecular complexity index is 438. The fourth-order valence-electron chi connectivity index (χ4n) is 1.65. The topological polar surface area (TPSA) is 75.4 Å². The number of halogens is 1. The minimum atomic E-state index is -0.920. The quantitative estimate of drug-likeness (QED) is 0.759. The molecule has 2 rings (SSSR count). The van der Waals surface area contributed by atoms with Crippen LogP contribution in [0.1, 0.15) is 5.56 Å². The molecule has 5 nitrogen and oxygen atoms in total. The molecule has 1 aromatic rings. The van der Waals surface area contributed by atoms with Crippen molar-refractivity contribution >= 4 is 23.5 Å². The summed E-state index contributed by atoms with van der Waals surface area (Å²) < 4.78 is 0. The van der Waals surface area contributed by atoms with E-state index in [9.17, 15) is 9.59 Å². The average Bonchev–Trinajstić information content (AvgIpc) is 2.33. The molecule has 0 radical (unpaired) electrons. The molecule has 1 aromatic carbocycles. The summed E-state index contributed by atoms with van der Waals surface area (Å²) in [6.07, 6.45) is -0.807. The summed E-state index contributed by atoms with van der Waals surface area (Å²) in [4.78, 5) is 24.2. The molecule has 2 atom stereocenters. The zero-order valence-electron chi connectivity index (χ0n) is 8.97. The molecule has 1 saturated heterocycles. The van der Waals surface area contributed by atoms with E-state index in [-0.39, 0.29) is 0 Å². The second kappa shape index (κ2) is 4.73. The number of carbonyl (C=O) groups excluding carboxylic acids is 2. The maximum absolute atomic E-state index is 11.6. The zero-order chi connectivity index (χ0) is 12.4. The van der Waals surface area contributed by atoms with E-state index < -0.39 is 23.5 Å². The molecular formula is C11H12ClN3O2. The van der Waals surface area contributed by atoms with Crippen molar-refractivity contribution in [3.05, 3.63) is 35.9 Å². The maximum atomic E-state index is 11.6. The Labute approximate surface area is 104 Å². The molecule has 0 aliphatic carbocycles. The Morgan fingerprint density at radius 3 is 2.59 bits per heavy atom. The van der Waals surface area contributed by atoms with E-state index in [0.29, 0.717) is 6.54 Å². The van der Waals surface area contributed by atoms with Gasteiger partial charge >= 0.3 is 6.03 Å². The lowest BCUT2D eigenvalue weighted by Gasteiger charge is -2.35. The van der Waals surface area contributed by atoms with Crippen molar-refractivity contribution in [1.29, 1.82) is 0 Å². The summed E-state index contributed by atoms with van der Waals surface area (Å²) in [6.45, 7) is 0.324. The van der Waals surface area contributed by atoms with Crippen molar-refractivity contribution in [3.8, 4) is 0 Å². The van der Waals surface area contributed by atoms with E-state index in [1.165, 1.54) is 4.90 Å². The summed E-state index contributed by atoms with van der Waals surface area (Å²) in [7, 11) is 0. The highest BCUT2D eigenvalue weighted by atomic mass is 35.5. The molecule has 0 saturated carbocycles. The SMILES string of the molecule is NC1C(Cl)C(=O)NC(=O)N1Cc1ccccc1. The van der Waals surface area contributed by atoms with E-state index in [1.807, 2.05) is 30.3 Å². The maximum Gasteiger partial charge on any atom is 0.325 e. The minimum absolute atomic E-state index is 0.324. The first-order chi connectivity index (χ1) is 8.09. The number of nitrogens with one attached hydrogen (secondary N) is 1. The third-order valence-corrected chi connectivity index (χ3v) is 3.05. The van der Waals surface area contributed by atoms with E-state index in [1.54, 1.807) is 0 Å². The van der Waals surface area contributed by atoms with E-state index in [2.05, 4.69) is 5.32 Å². The number of benzene rings is 1. The fraction of sp³-hybridized carbons (Fsp3) is 0.273. The molecule has 6 heteroatoms. The van der Waals surface area contributed by atoms with Crippen LogP contribution in [-0.4, -0.2) is 28.4 Å². The van der Waals surface area contributed by atoms with Gasteiger partial charge in [-0.3, -0.25) is 10.1 Å². The van der Waals surface area contributed by atoms with Gasteiger partial charge < -0.3 is 10.6 Å². The Morgan fingerprint density at radius 2 is 1.94 bits per heavy atom. The molecular weight excluding hydrogens is 242 g/mol. The predicted octanol–water partition coefficient (Wildman–Crippen LogP) is 0.631. The van der Waals surface area contributed by atoms with Crippen molar-refractivity contribution in [2.24, 2.45) is 5.73 Å². The molecule has 1 heterocycles. The Morgan fingerprint density at radius 1 is 1.29 bits per heavy atom. The molecule has 2 unspecified atom stereocenters. The number of nitrogens with zero attached hydrogens (tertiary/aromatic N) is 1. The highest BCUT2D eigenvalue weighted by Crippen LogP contribution is 2.15. The van der Waals surface area contributed by atoms with E-state index in [4.69, 9.17) is 17.3 Å². The van der Waals surface area contributed by atoms with Gasteiger partial charge in [-0.2, -0.15) is 0 Å². The fourth-order valence-corrected chi connectivity index (χ4v) is 1.84. The van der Waals surface area contributed by atoms with Gasteiger partial charge in [0.05, 0.1) is 0 Å². The minimum Gasteiger partial charge on any atom is -0.309 e. The number of amides is 3. The second-order valence-corrected chi connectivity index (χ2v) is 4.27. The molecule has 0 bridgehead atoms. The number of carbonyl (C=O) groups is 2. The monoisotopic (exact) mass is 253 g/mol. The van der Waals surface area contributed by atoms with Crippen LogP contribution >= 0.6 is 11.6 Å². The second-order valence-electron chi connectivity index (χ2n) is 3.80. The van der Waals surface area contributed by atoms with Gasteiger partial charge in [0.15, 0.2) is 0 Å². The summed E-state index contributed by atoms with van der Waals surface area (Å²) in [5, 5.41) is 1.25. The van der Waals surface area contributed by atoms with E-state index in [0.717, 1.165) is 5.56 Å².